The molecule has 0 aliphatic carbocycles. The first-order valence-corrected chi connectivity index (χ1v) is 4.69. The van der Waals surface area contributed by atoms with E-state index in [9.17, 15) is 4.79 Å². The molecule has 1 aliphatic heterocycles. The van der Waals surface area contributed by atoms with Crippen LogP contribution < -0.4 is 0 Å². The molecular weight excluding hydrogens is 154 g/mol. The molecule has 3 heteroatoms. The van der Waals surface area contributed by atoms with E-state index in [4.69, 9.17) is 5.11 Å². The fraction of sp³-hybridized carbons (Fsp3) is 0.889. The van der Waals surface area contributed by atoms with Crippen LogP contribution in [0.15, 0.2) is 0 Å². The molecule has 0 saturated carbocycles. The van der Waals surface area contributed by atoms with Crippen molar-refractivity contribution in [2.24, 2.45) is 5.92 Å². The fourth-order valence-electron chi connectivity index (χ4n) is 1.72. The Bertz CT molecular complexity index is 151. The second-order valence-electron chi connectivity index (χ2n) is 3.45. The Labute approximate surface area is 73.4 Å². The van der Waals surface area contributed by atoms with Gasteiger partial charge in [0, 0.05) is 0 Å². The van der Waals surface area contributed by atoms with Crippen LogP contribution in [0.1, 0.15) is 26.2 Å². The third-order valence-electron chi connectivity index (χ3n) is 2.48. The minimum Gasteiger partial charge on any atom is -0.481 e. The molecule has 0 spiro atoms. The molecule has 0 atom stereocenters. The zero-order valence-corrected chi connectivity index (χ0v) is 7.62. The molecule has 0 bridgehead atoms. The summed E-state index contributed by atoms with van der Waals surface area (Å²) in [6.45, 7) is 5.20. The van der Waals surface area contributed by atoms with E-state index in [1.807, 2.05) is 0 Å². The Hall–Kier alpha value is -0.570. The van der Waals surface area contributed by atoms with E-state index in [0.29, 0.717) is 0 Å². The quantitative estimate of drug-likeness (QED) is 0.693. The highest BCUT2D eigenvalue weighted by molar-refractivity contribution is 5.70. The Morgan fingerprint density at radius 1 is 1.50 bits per heavy atom. The van der Waals surface area contributed by atoms with Gasteiger partial charge >= 0.3 is 5.97 Å². The summed E-state index contributed by atoms with van der Waals surface area (Å²) in [5.74, 6) is -0.704. The van der Waals surface area contributed by atoms with Crippen molar-refractivity contribution in [1.29, 1.82) is 0 Å². The molecule has 0 aromatic carbocycles. The fourth-order valence-corrected chi connectivity index (χ4v) is 1.72. The minimum atomic E-state index is -0.619. The lowest BCUT2D eigenvalue weighted by Crippen LogP contribution is -2.36. The molecule has 0 aromatic rings. The van der Waals surface area contributed by atoms with Crippen molar-refractivity contribution in [3.05, 3.63) is 0 Å². The van der Waals surface area contributed by atoms with Crippen molar-refractivity contribution < 1.29 is 9.90 Å². The summed E-state index contributed by atoms with van der Waals surface area (Å²) >= 11 is 0. The van der Waals surface area contributed by atoms with Crippen molar-refractivity contribution >= 4 is 5.97 Å². The van der Waals surface area contributed by atoms with Gasteiger partial charge in [-0.25, -0.2) is 0 Å². The Morgan fingerprint density at radius 2 is 2.08 bits per heavy atom. The van der Waals surface area contributed by atoms with Crippen LogP contribution in [0.5, 0.6) is 0 Å². The second-order valence-corrected chi connectivity index (χ2v) is 3.45. The highest BCUT2D eigenvalue weighted by Crippen LogP contribution is 2.16. The topological polar surface area (TPSA) is 40.5 Å². The third-order valence-corrected chi connectivity index (χ3v) is 2.48. The molecule has 0 unspecified atom stereocenters. The highest BCUT2D eigenvalue weighted by Gasteiger charge is 2.23. The predicted octanol–water partition coefficient (Wildman–Crippen LogP) is 1.19. The zero-order chi connectivity index (χ0) is 8.97. The van der Waals surface area contributed by atoms with Gasteiger partial charge in [0.2, 0.25) is 0 Å². The third kappa shape index (κ3) is 2.48. The number of carbonyl (C=O) groups is 1. The largest absolute Gasteiger partial charge is 0.481 e. The van der Waals surface area contributed by atoms with Gasteiger partial charge in [-0.15, -0.1) is 0 Å². The van der Waals surface area contributed by atoms with Crippen LogP contribution in [-0.4, -0.2) is 35.6 Å². The monoisotopic (exact) mass is 171 g/mol. The van der Waals surface area contributed by atoms with Crippen LogP contribution in [0.3, 0.4) is 0 Å². The van der Waals surface area contributed by atoms with E-state index in [1.54, 1.807) is 0 Å². The van der Waals surface area contributed by atoms with Crippen molar-refractivity contribution in [2.45, 2.75) is 26.2 Å². The lowest BCUT2D eigenvalue weighted by molar-refractivity contribution is -0.143. The van der Waals surface area contributed by atoms with Gasteiger partial charge < -0.3 is 10.0 Å². The average molecular weight is 171 g/mol. The van der Waals surface area contributed by atoms with Crippen LogP contribution in [0.25, 0.3) is 0 Å². The number of piperidine rings is 1. The smallest absolute Gasteiger partial charge is 0.306 e. The number of rotatable bonds is 3. The van der Waals surface area contributed by atoms with Crippen molar-refractivity contribution in [3.63, 3.8) is 0 Å². The molecule has 0 aromatic heterocycles. The molecule has 0 radical (unpaired) electrons. The van der Waals surface area contributed by atoms with Crippen LogP contribution in [0.2, 0.25) is 0 Å². The second kappa shape index (κ2) is 4.45. The van der Waals surface area contributed by atoms with Crippen LogP contribution in [0.4, 0.5) is 0 Å². The van der Waals surface area contributed by atoms with Gasteiger partial charge in [0.1, 0.15) is 0 Å². The van der Waals surface area contributed by atoms with Gasteiger partial charge in [0.25, 0.3) is 0 Å². The Morgan fingerprint density at radius 3 is 2.50 bits per heavy atom. The van der Waals surface area contributed by atoms with Gasteiger partial charge in [-0.2, -0.15) is 0 Å². The van der Waals surface area contributed by atoms with Gasteiger partial charge in [0.05, 0.1) is 5.92 Å². The molecule has 1 heterocycles. The van der Waals surface area contributed by atoms with E-state index in [-0.39, 0.29) is 5.92 Å². The lowest BCUT2D eigenvalue weighted by atomic mass is 9.97. The molecule has 1 fully saturated rings. The Balaban J connectivity index is 2.25. The van der Waals surface area contributed by atoms with Gasteiger partial charge in [-0.05, 0) is 38.9 Å². The molecule has 1 saturated heterocycles. The summed E-state index contributed by atoms with van der Waals surface area (Å²) in [4.78, 5) is 12.9. The molecule has 0 amide bonds. The normalized spacial score (nSPS) is 21.1. The van der Waals surface area contributed by atoms with E-state index < -0.39 is 5.97 Å². The molecule has 12 heavy (non-hydrogen) atoms. The van der Waals surface area contributed by atoms with Crippen molar-refractivity contribution in [3.8, 4) is 0 Å². The Kier molecular flexibility index (Phi) is 3.53. The number of carboxylic acid groups (broad SMARTS) is 1. The van der Waals surface area contributed by atoms with E-state index in [1.165, 1.54) is 0 Å². The summed E-state index contributed by atoms with van der Waals surface area (Å²) in [6, 6.07) is 0. The molecule has 1 aliphatic rings. The van der Waals surface area contributed by atoms with Crippen molar-refractivity contribution in [2.75, 3.05) is 19.6 Å². The highest BCUT2D eigenvalue weighted by atomic mass is 16.4. The van der Waals surface area contributed by atoms with Crippen LogP contribution in [0, 0.1) is 5.92 Å². The average Bonchev–Trinajstić information content (AvgIpc) is 2.06. The maximum atomic E-state index is 10.6. The summed E-state index contributed by atoms with van der Waals surface area (Å²) < 4.78 is 0. The standard InChI is InChI=1S/C9H17NO2/c1-2-5-10-6-3-8(4-7-10)9(11)12/h8H,2-7H2,1H3,(H,11,12). The summed E-state index contributed by atoms with van der Waals surface area (Å²) in [6.07, 6.45) is 2.82. The number of carboxylic acids is 1. The molecule has 3 nitrogen and oxygen atoms in total. The SMILES string of the molecule is CCCN1CCC(C(=O)O)CC1. The first-order chi connectivity index (χ1) is 5.74. The first kappa shape index (κ1) is 9.52. The van der Waals surface area contributed by atoms with Gasteiger partial charge in [-0.1, -0.05) is 6.92 Å². The minimum absolute atomic E-state index is 0.0851. The molecule has 70 valence electrons. The maximum Gasteiger partial charge on any atom is 0.306 e. The van der Waals surface area contributed by atoms with Gasteiger partial charge in [0.15, 0.2) is 0 Å². The van der Waals surface area contributed by atoms with E-state index in [2.05, 4.69) is 11.8 Å². The molecule has 1 rings (SSSR count). The molecular formula is C9H17NO2. The predicted molar refractivity (Wildman–Crippen MR) is 47.1 cm³/mol. The van der Waals surface area contributed by atoms with E-state index in [0.717, 1.165) is 38.9 Å². The number of likely N-dealkylation sites (tertiary alicyclic amines) is 1. The number of hydrogen-bond acceptors (Lipinski definition) is 2. The van der Waals surface area contributed by atoms with Crippen LogP contribution in [-0.2, 0) is 4.79 Å². The first-order valence-electron chi connectivity index (χ1n) is 4.69. The lowest BCUT2D eigenvalue weighted by Gasteiger charge is -2.29. The summed E-state index contributed by atoms with van der Waals surface area (Å²) in [5, 5.41) is 8.74. The van der Waals surface area contributed by atoms with E-state index >= 15 is 0 Å². The molecule has 1 N–H and O–H groups in total. The van der Waals surface area contributed by atoms with Gasteiger partial charge in [-0.3, -0.25) is 4.79 Å². The van der Waals surface area contributed by atoms with Crippen molar-refractivity contribution in [1.82, 2.24) is 4.90 Å². The number of nitrogens with zero attached hydrogens (tertiary/aromatic N) is 1. The maximum absolute atomic E-state index is 10.6. The zero-order valence-electron chi connectivity index (χ0n) is 7.62. The summed E-state index contributed by atoms with van der Waals surface area (Å²) in [7, 11) is 0. The van der Waals surface area contributed by atoms with Crippen LogP contribution >= 0.6 is 0 Å². The number of hydrogen-bond donors (Lipinski definition) is 1. The number of aliphatic carboxylic acids is 1. The summed E-state index contributed by atoms with van der Waals surface area (Å²) in [5.41, 5.74) is 0.